The normalized spacial score (nSPS) is 11.5. The van der Waals surface area contributed by atoms with E-state index in [2.05, 4.69) is 17.8 Å². The van der Waals surface area contributed by atoms with Gasteiger partial charge < -0.3 is 4.74 Å². The molecule has 126 valence electrons. The molecule has 0 aliphatic carbocycles. The van der Waals surface area contributed by atoms with E-state index in [1.54, 1.807) is 25.1 Å². The molecule has 0 aliphatic rings. The molecular weight excluding hydrogens is 304 g/mol. The second kappa shape index (κ2) is 8.15. The Hall–Kier alpha value is -2.82. The van der Waals surface area contributed by atoms with Crippen molar-refractivity contribution in [1.82, 2.24) is 10.9 Å². The number of rotatable bonds is 5. The quantitative estimate of drug-likeness (QED) is 0.830. The van der Waals surface area contributed by atoms with E-state index in [9.17, 15) is 9.59 Å². The van der Waals surface area contributed by atoms with Gasteiger partial charge in [0.25, 0.3) is 11.8 Å². The molecular formula is C19H22N2O3. The van der Waals surface area contributed by atoms with Crippen LogP contribution in [0.25, 0.3) is 0 Å². The van der Waals surface area contributed by atoms with Crippen LogP contribution in [-0.2, 0) is 11.2 Å². The largest absolute Gasteiger partial charge is 0.481 e. The fourth-order valence-corrected chi connectivity index (χ4v) is 2.14. The smallest absolute Gasteiger partial charge is 0.279 e. The van der Waals surface area contributed by atoms with E-state index in [-0.39, 0.29) is 5.91 Å². The van der Waals surface area contributed by atoms with Gasteiger partial charge in [-0.05, 0) is 50.1 Å². The number of hydrogen-bond acceptors (Lipinski definition) is 3. The maximum atomic E-state index is 12.0. The van der Waals surface area contributed by atoms with E-state index in [1.165, 1.54) is 5.56 Å². The molecule has 2 rings (SSSR count). The number of hydrazine groups is 1. The topological polar surface area (TPSA) is 67.4 Å². The number of carbonyl (C=O) groups excluding carboxylic acids is 2. The number of hydrogen-bond donors (Lipinski definition) is 2. The summed E-state index contributed by atoms with van der Waals surface area (Å²) in [6.07, 6.45) is 0.219. The molecule has 5 nitrogen and oxygen atoms in total. The van der Waals surface area contributed by atoms with E-state index in [0.29, 0.717) is 11.3 Å². The van der Waals surface area contributed by atoms with Gasteiger partial charge in [0.05, 0.1) is 0 Å². The molecule has 2 amide bonds. The summed E-state index contributed by atoms with van der Waals surface area (Å²) in [6.45, 7) is 5.60. The van der Waals surface area contributed by atoms with Crippen LogP contribution in [0.15, 0.2) is 48.5 Å². The van der Waals surface area contributed by atoms with Crippen molar-refractivity contribution in [3.63, 3.8) is 0 Å². The minimum absolute atomic E-state index is 0.369. The second-order valence-electron chi connectivity index (χ2n) is 5.57. The highest BCUT2D eigenvalue weighted by atomic mass is 16.5. The van der Waals surface area contributed by atoms with Crippen molar-refractivity contribution in [3.05, 3.63) is 65.2 Å². The molecule has 5 heteroatoms. The van der Waals surface area contributed by atoms with Gasteiger partial charge in [0.2, 0.25) is 0 Å². The Bertz CT molecular complexity index is 711. The standard InChI is InChI=1S/C19H22N2O3/c1-4-15-8-10-17(11-9-15)24-14(3)18(22)20-21-19(23)16-7-5-6-13(2)12-16/h5-12,14H,4H2,1-3H3,(H,20,22)(H,21,23)/t14-/m1/s1. The summed E-state index contributed by atoms with van der Waals surface area (Å²) in [5, 5.41) is 0. The minimum Gasteiger partial charge on any atom is -0.481 e. The third-order valence-electron chi connectivity index (χ3n) is 3.59. The summed E-state index contributed by atoms with van der Waals surface area (Å²) in [6, 6.07) is 14.7. The van der Waals surface area contributed by atoms with E-state index in [4.69, 9.17) is 4.74 Å². The molecule has 0 aliphatic heterocycles. The van der Waals surface area contributed by atoms with Gasteiger partial charge in [-0.2, -0.15) is 0 Å². The zero-order chi connectivity index (χ0) is 17.5. The van der Waals surface area contributed by atoms with Crippen molar-refractivity contribution in [2.75, 3.05) is 0 Å². The van der Waals surface area contributed by atoms with Crippen molar-refractivity contribution >= 4 is 11.8 Å². The van der Waals surface area contributed by atoms with Crippen molar-refractivity contribution in [3.8, 4) is 5.75 Å². The lowest BCUT2D eigenvalue weighted by Crippen LogP contribution is -2.47. The number of nitrogens with one attached hydrogen (secondary N) is 2. The van der Waals surface area contributed by atoms with Gasteiger partial charge >= 0.3 is 0 Å². The number of carbonyl (C=O) groups is 2. The monoisotopic (exact) mass is 326 g/mol. The first kappa shape index (κ1) is 17.5. The van der Waals surface area contributed by atoms with Crippen LogP contribution in [0.1, 0.15) is 35.3 Å². The van der Waals surface area contributed by atoms with Gasteiger partial charge in [0.15, 0.2) is 6.10 Å². The number of ether oxygens (including phenoxy) is 1. The van der Waals surface area contributed by atoms with Gasteiger partial charge in [-0.15, -0.1) is 0 Å². The highest BCUT2D eigenvalue weighted by Gasteiger charge is 2.16. The highest BCUT2D eigenvalue weighted by molar-refractivity contribution is 5.95. The molecule has 0 aromatic heterocycles. The fraction of sp³-hybridized carbons (Fsp3) is 0.263. The maximum Gasteiger partial charge on any atom is 0.279 e. The van der Waals surface area contributed by atoms with Gasteiger partial charge in [0.1, 0.15) is 5.75 Å². The zero-order valence-corrected chi connectivity index (χ0v) is 14.1. The molecule has 0 unspecified atom stereocenters. The molecule has 0 radical (unpaired) electrons. The number of benzene rings is 2. The van der Waals surface area contributed by atoms with Crippen molar-refractivity contribution in [1.29, 1.82) is 0 Å². The van der Waals surface area contributed by atoms with Gasteiger partial charge in [0, 0.05) is 5.56 Å². The summed E-state index contributed by atoms with van der Waals surface area (Å²) in [5.74, 6) is -0.179. The number of amides is 2. The van der Waals surface area contributed by atoms with E-state index >= 15 is 0 Å². The van der Waals surface area contributed by atoms with Gasteiger partial charge in [-0.25, -0.2) is 0 Å². The molecule has 2 aromatic carbocycles. The molecule has 0 heterocycles. The molecule has 0 saturated carbocycles. The fourth-order valence-electron chi connectivity index (χ4n) is 2.14. The predicted molar refractivity (Wildman–Crippen MR) is 92.7 cm³/mol. The van der Waals surface area contributed by atoms with Crippen molar-refractivity contribution < 1.29 is 14.3 Å². The summed E-state index contributed by atoms with van der Waals surface area (Å²) < 4.78 is 5.57. The summed E-state index contributed by atoms with van der Waals surface area (Å²) in [5.41, 5.74) is 7.43. The van der Waals surface area contributed by atoms with Gasteiger partial charge in [-0.1, -0.05) is 36.8 Å². The maximum absolute atomic E-state index is 12.0. The lowest BCUT2D eigenvalue weighted by atomic mass is 10.1. The van der Waals surface area contributed by atoms with Crippen LogP contribution >= 0.6 is 0 Å². The second-order valence-corrected chi connectivity index (χ2v) is 5.57. The average Bonchev–Trinajstić information content (AvgIpc) is 2.60. The summed E-state index contributed by atoms with van der Waals surface area (Å²) in [4.78, 5) is 24.0. The van der Waals surface area contributed by atoms with Gasteiger partial charge in [-0.3, -0.25) is 20.4 Å². The first-order valence-electron chi connectivity index (χ1n) is 7.92. The van der Waals surface area contributed by atoms with Crippen LogP contribution < -0.4 is 15.6 Å². The van der Waals surface area contributed by atoms with Crippen LogP contribution in [0.4, 0.5) is 0 Å². The first-order chi connectivity index (χ1) is 11.5. The molecule has 1 atom stereocenters. The van der Waals surface area contributed by atoms with E-state index < -0.39 is 12.0 Å². The Balaban J connectivity index is 1.85. The van der Waals surface area contributed by atoms with E-state index in [0.717, 1.165) is 12.0 Å². The SMILES string of the molecule is CCc1ccc(O[C@H](C)C(=O)NNC(=O)c2cccc(C)c2)cc1. The lowest BCUT2D eigenvalue weighted by molar-refractivity contribution is -0.128. The highest BCUT2D eigenvalue weighted by Crippen LogP contribution is 2.14. The Morgan fingerprint density at radius 3 is 2.42 bits per heavy atom. The Kier molecular flexibility index (Phi) is 5.95. The van der Waals surface area contributed by atoms with Crippen molar-refractivity contribution in [2.45, 2.75) is 33.3 Å². The van der Waals surface area contributed by atoms with Crippen molar-refractivity contribution in [2.24, 2.45) is 0 Å². The third-order valence-corrected chi connectivity index (χ3v) is 3.59. The molecule has 0 saturated heterocycles. The molecule has 24 heavy (non-hydrogen) atoms. The lowest BCUT2D eigenvalue weighted by Gasteiger charge is -2.15. The Morgan fingerprint density at radius 1 is 1.08 bits per heavy atom. The Morgan fingerprint density at radius 2 is 1.79 bits per heavy atom. The van der Waals surface area contributed by atoms with Crippen LogP contribution in [0.2, 0.25) is 0 Å². The molecule has 0 spiro atoms. The molecule has 0 bridgehead atoms. The Labute approximate surface area is 142 Å². The first-order valence-corrected chi connectivity index (χ1v) is 7.92. The summed E-state index contributed by atoms with van der Waals surface area (Å²) in [7, 11) is 0. The van der Waals surface area contributed by atoms with Crippen LogP contribution in [0.3, 0.4) is 0 Å². The zero-order valence-electron chi connectivity index (χ0n) is 14.1. The third kappa shape index (κ3) is 4.84. The molecule has 2 aromatic rings. The average molecular weight is 326 g/mol. The molecule has 2 N–H and O–H groups in total. The minimum atomic E-state index is -0.727. The summed E-state index contributed by atoms with van der Waals surface area (Å²) >= 11 is 0. The van der Waals surface area contributed by atoms with Crippen LogP contribution in [0, 0.1) is 6.92 Å². The van der Waals surface area contributed by atoms with Crippen LogP contribution in [-0.4, -0.2) is 17.9 Å². The molecule has 0 fully saturated rings. The number of aryl methyl sites for hydroxylation is 2. The van der Waals surface area contributed by atoms with Crippen LogP contribution in [0.5, 0.6) is 5.75 Å². The van der Waals surface area contributed by atoms with E-state index in [1.807, 2.05) is 37.3 Å². The predicted octanol–water partition coefficient (Wildman–Crippen LogP) is 2.79.